The second kappa shape index (κ2) is 9.73. The van der Waals surface area contributed by atoms with Gasteiger partial charge in [0.05, 0.1) is 21.7 Å². The minimum atomic E-state index is -0.498. The molecule has 1 heterocycles. The molecule has 5 nitrogen and oxygen atoms in total. The average Bonchev–Trinajstić information content (AvgIpc) is 2.70. The number of carbonyl (C=O) groups excluding carboxylic acids is 1. The average molecular weight is 470 g/mol. The van der Waals surface area contributed by atoms with E-state index in [1.165, 1.54) is 0 Å². The van der Waals surface area contributed by atoms with Crippen molar-refractivity contribution in [2.24, 2.45) is 0 Å². The quantitative estimate of drug-likeness (QED) is 0.307. The number of fused-ring (bicyclic) bond motifs is 1. The highest BCUT2D eigenvalue weighted by Crippen LogP contribution is 2.33. The molecule has 0 atom stereocenters. The van der Waals surface area contributed by atoms with E-state index in [9.17, 15) is 9.59 Å². The van der Waals surface area contributed by atoms with Crippen molar-refractivity contribution >= 4 is 51.7 Å². The number of aryl methyl sites for hydroxylation is 1. The molecule has 0 amide bonds. The standard InChI is InChI=1S/C22H19Cl3O5/c1-3-28-21(26)7-5-14-12(2)15-9-18(25)20(10-19(15)30-22(14)27)29-11-13-4-6-16(23)17(24)8-13/h4,6,8-10H,3,5,7,11H2,1-2H3. The molecule has 0 saturated carbocycles. The van der Waals surface area contributed by atoms with E-state index in [0.717, 1.165) is 5.56 Å². The van der Waals surface area contributed by atoms with Gasteiger partial charge in [-0.2, -0.15) is 0 Å². The Hall–Kier alpha value is -2.21. The maximum Gasteiger partial charge on any atom is 0.339 e. The fraction of sp³-hybridized carbons (Fsp3) is 0.273. The first kappa shape index (κ1) is 22.5. The Bertz CT molecular complexity index is 1150. The fourth-order valence-electron chi connectivity index (χ4n) is 3.04. The maximum atomic E-state index is 12.4. The smallest absolute Gasteiger partial charge is 0.339 e. The van der Waals surface area contributed by atoms with Crippen LogP contribution in [0.15, 0.2) is 39.5 Å². The lowest BCUT2D eigenvalue weighted by Crippen LogP contribution is -2.13. The second-order valence-electron chi connectivity index (χ2n) is 6.61. The highest BCUT2D eigenvalue weighted by atomic mass is 35.5. The number of ether oxygens (including phenoxy) is 2. The van der Waals surface area contributed by atoms with Gasteiger partial charge in [-0.05, 0) is 49.6 Å². The zero-order chi connectivity index (χ0) is 21.8. The Morgan fingerprint density at radius 1 is 1.07 bits per heavy atom. The third-order valence-electron chi connectivity index (χ3n) is 4.60. The van der Waals surface area contributed by atoms with E-state index in [0.29, 0.717) is 49.5 Å². The summed E-state index contributed by atoms with van der Waals surface area (Å²) in [5.74, 6) is 0.0116. The van der Waals surface area contributed by atoms with Gasteiger partial charge < -0.3 is 13.9 Å². The number of rotatable bonds is 7. The summed E-state index contributed by atoms with van der Waals surface area (Å²) in [7, 11) is 0. The summed E-state index contributed by atoms with van der Waals surface area (Å²) in [6.07, 6.45) is 0.333. The van der Waals surface area contributed by atoms with E-state index in [-0.39, 0.29) is 25.4 Å². The van der Waals surface area contributed by atoms with Gasteiger partial charge in [-0.1, -0.05) is 40.9 Å². The van der Waals surface area contributed by atoms with Gasteiger partial charge in [-0.15, -0.1) is 0 Å². The highest BCUT2D eigenvalue weighted by Gasteiger charge is 2.16. The molecule has 2 aromatic carbocycles. The van der Waals surface area contributed by atoms with Crippen molar-refractivity contribution in [1.29, 1.82) is 0 Å². The lowest BCUT2D eigenvalue weighted by Gasteiger charge is -2.12. The molecule has 0 fully saturated rings. The van der Waals surface area contributed by atoms with Crippen LogP contribution in [0.1, 0.15) is 30.0 Å². The molecule has 3 aromatic rings. The van der Waals surface area contributed by atoms with Crippen LogP contribution in [-0.4, -0.2) is 12.6 Å². The summed E-state index contributed by atoms with van der Waals surface area (Å²) < 4.78 is 16.2. The van der Waals surface area contributed by atoms with Crippen molar-refractivity contribution in [3.05, 3.63) is 72.5 Å². The van der Waals surface area contributed by atoms with Crippen LogP contribution in [0.2, 0.25) is 15.1 Å². The number of hydrogen-bond donors (Lipinski definition) is 0. The van der Waals surface area contributed by atoms with Crippen molar-refractivity contribution < 1.29 is 18.7 Å². The predicted molar refractivity (Wildman–Crippen MR) is 118 cm³/mol. The molecule has 0 radical (unpaired) electrons. The van der Waals surface area contributed by atoms with Crippen LogP contribution >= 0.6 is 34.8 Å². The molecule has 30 heavy (non-hydrogen) atoms. The van der Waals surface area contributed by atoms with Crippen LogP contribution in [-0.2, 0) is 22.6 Å². The molecule has 8 heteroatoms. The molecule has 3 rings (SSSR count). The van der Waals surface area contributed by atoms with E-state index in [4.69, 9.17) is 48.7 Å². The molecular weight excluding hydrogens is 451 g/mol. The summed E-state index contributed by atoms with van der Waals surface area (Å²) in [5, 5.41) is 1.94. The Morgan fingerprint density at radius 2 is 1.83 bits per heavy atom. The largest absolute Gasteiger partial charge is 0.487 e. The molecule has 1 aromatic heterocycles. The van der Waals surface area contributed by atoms with Crippen molar-refractivity contribution in [3.8, 4) is 5.75 Å². The summed E-state index contributed by atoms with van der Waals surface area (Å²) in [4.78, 5) is 24.1. The number of halogens is 3. The van der Waals surface area contributed by atoms with Gasteiger partial charge >= 0.3 is 11.6 Å². The normalized spacial score (nSPS) is 11.0. The van der Waals surface area contributed by atoms with Crippen molar-refractivity contribution in [2.45, 2.75) is 33.3 Å². The number of carbonyl (C=O) groups is 1. The van der Waals surface area contributed by atoms with Gasteiger partial charge in [0.15, 0.2) is 0 Å². The summed E-state index contributed by atoms with van der Waals surface area (Å²) in [6, 6.07) is 8.46. The van der Waals surface area contributed by atoms with Crippen LogP contribution in [0.3, 0.4) is 0 Å². The number of esters is 1. The SMILES string of the molecule is CCOC(=O)CCc1c(C)c2cc(Cl)c(OCc3ccc(Cl)c(Cl)c3)cc2oc1=O. The van der Waals surface area contributed by atoms with Gasteiger partial charge in [0.2, 0.25) is 0 Å². The highest BCUT2D eigenvalue weighted by molar-refractivity contribution is 6.42. The van der Waals surface area contributed by atoms with E-state index in [1.54, 1.807) is 44.2 Å². The topological polar surface area (TPSA) is 65.7 Å². The van der Waals surface area contributed by atoms with Crippen molar-refractivity contribution in [3.63, 3.8) is 0 Å². The van der Waals surface area contributed by atoms with Gasteiger partial charge in [0, 0.05) is 23.4 Å². The predicted octanol–water partition coefficient (Wildman–Crippen LogP) is 6.14. The number of benzene rings is 2. The lowest BCUT2D eigenvalue weighted by atomic mass is 10.0. The van der Waals surface area contributed by atoms with Crippen molar-refractivity contribution in [1.82, 2.24) is 0 Å². The third-order valence-corrected chi connectivity index (χ3v) is 5.64. The van der Waals surface area contributed by atoms with Crippen LogP contribution in [0.4, 0.5) is 0 Å². The first-order valence-corrected chi connectivity index (χ1v) is 10.4. The zero-order valence-corrected chi connectivity index (χ0v) is 18.7. The monoisotopic (exact) mass is 468 g/mol. The van der Waals surface area contributed by atoms with E-state index < -0.39 is 5.63 Å². The van der Waals surface area contributed by atoms with Gasteiger partial charge in [0.1, 0.15) is 17.9 Å². The third kappa shape index (κ3) is 5.09. The van der Waals surface area contributed by atoms with Gasteiger partial charge in [-0.3, -0.25) is 4.79 Å². The van der Waals surface area contributed by atoms with Crippen LogP contribution in [0, 0.1) is 6.92 Å². The summed E-state index contributed by atoms with van der Waals surface area (Å²) in [5.41, 5.74) is 1.81. The maximum absolute atomic E-state index is 12.4. The minimum Gasteiger partial charge on any atom is -0.487 e. The molecular formula is C22H19Cl3O5. The van der Waals surface area contributed by atoms with Crippen LogP contribution < -0.4 is 10.4 Å². The second-order valence-corrected chi connectivity index (χ2v) is 7.84. The molecule has 0 aliphatic carbocycles. The van der Waals surface area contributed by atoms with Gasteiger partial charge in [-0.25, -0.2) is 4.79 Å². The molecule has 0 bridgehead atoms. The van der Waals surface area contributed by atoms with Gasteiger partial charge in [0.25, 0.3) is 0 Å². The molecule has 0 N–H and O–H groups in total. The molecule has 0 spiro atoms. The lowest BCUT2D eigenvalue weighted by molar-refractivity contribution is -0.143. The molecule has 0 aliphatic rings. The number of hydrogen-bond acceptors (Lipinski definition) is 5. The summed E-state index contributed by atoms with van der Waals surface area (Å²) in [6.45, 7) is 4.04. The van der Waals surface area contributed by atoms with Crippen LogP contribution in [0.25, 0.3) is 11.0 Å². The fourth-order valence-corrected chi connectivity index (χ4v) is 3.58. The Kier molecular flexibility index (Phi) is 7.29. The molecule has 0 saturated heterocycles. The molecule has 0 unspecified atom stereocenters. The molecule has 0 aliphatic heterocycles. The van der Waals surface area contributed by atoms with E-state index in [2.05, 4.69) is 0 Å². The Balaban J connectivity index is 1.86. The minimum absolute atomic E-state index is 0.101. The van der Waals surface area contributed by atoms with Crippen LogP contribution in [0.5, 0.6) is 5.75 Å². The first-order valence-electron chi connectivity index (χ1n) is 9.28. The zero-order valence-electron chi connectivity index (χ0n) is 16.4. The van der Waals surface area contributed by atoms with E-state index in [1.807, 2.05) is 0 Å². The summed E-state index contributed by atoms with van der Waals surface area (Å²) >= 11 is 18.3. The Morgan fingerprint density at radius 3 is 2.53 bits per heavy atom. The van der Waals surface area contributed by atoms with Crippen molar-refractivity contribution in [2.75, 3.05) is 6.61 Å². The van der Waals surface area contributed by atoms with E-state index >= 15 is 0 Å². The molecule has 158 valence electrons. The Labute approximate surface area is 188 Å². The first-order chi connectivity index (χ1) is 14.3.